The third kappa shape index (κ3) is 2.17. The smallest absolute Gasteiger partial charge is 0.182 e. The van der Waals surface area contributed by atoms with Gasteiger partial charge in [0.15, 0.2) is 6.29 Å². The highest BCUT2D eigenvalue weighted by Crippen LogP contribution is 2.17. The Morgan fingerprint density at radius 3 is 2.21 bits per heavy atom. The fourth-order valence-corrected chi connectivity index (χ4v) is 1.67. The van der Waals surface area contributed by atoms with E-state index < -0.39 is 0 Å². The zero-order chi connectivity index (χ0) is 10.7. The van der Waals surface area contributed by atoms with Crippen LogP contribution in [0.15, 0.2) is 12.1 Å². The molecule has 1 aromatic rings. The van der Waals surface area contributed by atoms with Crippen molar-refractivity contribution >= 4 is 13.3 Å². The zero-order valence-corrected chi connectivity index (χ0v) is 9.55. The summed E-state index contributed by atoms with van der Waals surface area (Å²) in [5, 5.41) is 0. The van der Waals surface area contributed by atoms with Crippen LogP contribution in [0, 0.1) is 13.8 Å². The van der Waals surface area contributed by atoms with Crippen LogP contribution in [0.25, 0.3) is 0 Å². The van der Waals surface area contributed by atoms with Crippen molar-refractivity contribution in [2.45, 2.75) is 20.1 Å². The van der Waals surface area contributed by atoms with Gasteiger partial charge in [-0.05, 0) is 13.8 Å². The minimum atomic E-state index is -0.256. The Labute approximate surface area is 86.6 Å². The molecule has 0 aliphatic heterocycles. The van der Waals surface area contributed by atoms with Crippen LogP contribution in [0.3, 0.4) is 0 Å². The van der Waals surface area contributed by atoms with Gasteiger partial charge < -0.3 is 9.47 Å². The molecular weight excluding hydrogens is 175 g/mol. The Morgan fingerprint density at radius 2 is 1.71 bits per heavy atom. The number of hydrogen-bond acceptors (Lipinski definition) is 2. The number of methoxy groups -OCH3 is 2. The van der Waals surface area contributed by atoms with Crippen LogP contribution in [-0.4, -0.2) is 22.1 Å². The maximum atomic E-state index is 5.25. The molecule has 0 aromatic heterocycles. The van der Waals surface area contributed by atoms with E-state index in [9.17, 15) is 0 Å². The Balaban J connectivity index is 3.18. The third-order valence-corrected chi connectivity index (χ3v) is 2.53. The summed E-state index contributed by atoms with van der Waals surface area (Å²) in [4.78, 5) is 0. The molecule has 3 heteroatoms. The lowest BCUT2D eigenvalue weighted by Gasteiger charge is -2.18. The molecule has 0 radical (unpaired) electrons. The topological polar surface area (TPSA) is 18.5 Å². The van der Waals surface area contributed by atoms with Gasteiger partial charge in [0.2, 0.25) is 0 Å². The van der Waals surface area contributed by atoms with E-state index in [1.807, 2.05) is 0 Å². The summed E-state index contributed by atoms with van der Waals surface area (Å²) in [6.45, 7) is 4.19. The first-order valence-electron chi connectivity index (χ1n) is 4.73. The van der Waals surface area contributed by atoms with Crippen LogP contribution in [0.2, 0.25) is 0 Å². The van der Waals surface area contributed by atoms with Crippen LogP contribution in [0.5, 0.6) is 0 Å². The highest BCUT2D eigenvalue weighted by molar-refractivity contribution is 6.34. The quantitative estimate of drug-likeness (QED) is 0.522. The minimum Gasteiger partial charge on any atom is -0.352 e. The highest BCUT2D eigenvalue weighted by Gasteiger charge is 2.13. The van der Waals surface area contributed by atoms with Gasteiger partial charge in [0.25, 0.3) is 0 Å². The van der Waals surface area contributed by atoms with Crippen molar-refractivity contribution in [1.29, 1.82) is 0 Å². The largest absolute Gasteiger partial charge is 0.352 e. The molecule has 1 aromatic carbocycles. The maximum Gasteiger partial charge on any atom is 0.182 e. The van der Waals surface area contributed by atoms with Gasteiger partial charge in [0.1, 0.15) is 7.85 Å². The molecule has 2 nitrogen and oxygen atoms in total. The summed E-state index contributed by atoms with van der Waals surface area (Å²) in [6, 6.07) is 4.28. The summed E-state index contributed by atoms with van der Waals surface area (Å²) < 4.78 is 10.5. The molecule has 0 saturated heterocycles. The van der Waals surface area contributed by atoms with E-state index in [2.05, 4.69) is 33.8 Å². The minimum absolute atomic E-state index is 0.256. The molecule has 0 N–H and O–H groups in total. The van der Waals surface area contributed by atoms with Gasteiger partial charge >= 0.3 is 0 Å². The summed E-state index contributed by atoms with van der Waals surface area (Å²) >= 11 is 0. The molecule has 0 aliphatic rings. The molecule has 0 saturated carbocycles. The molecule has 0 aliphatic carbocycles. The predicted octanol–water partition coefficient (Wildman–Crippen LogP) is 0.853. The van der Waals surface area contributed by atoms with Crippen molar-refractivity contribution in [2.75, 3.05) is 14.2 Å². The van der Waals surface area contributed by atoms with Crippen LogP contribution in [0.1, 0.15) is 23.0 Å². The van der Waals surface area contributed by atoms with Crippen molar-refractivity contribution in [3.63, 3.8) is 0 Å². The molecule has 0 unspecified atom stereocenters. The fraction of sp³-hybridized carbons (Fsp3) is 0.455. The molecule has 0 spiro atoms. The summed E-state index contributed by atoms with van der Waals surface area (Å²) in [5.41, 5.74) is 4.87. The third-order valence-electron chi connectivity index (χ3n) is 2.53. The van der Waals surface area contributed by atoms with Crippen molar-refractivity contribution in [1.82, 2.24) is 0 Å². The van der Waals surface area contributed by atoms with Gasteiger partial charge in [-0.3, -0.25) is 0 Å². The van der Waals surface area contributed by atoms with Crippen LogP contribution in [-0.2, 0) is 9.47 Å². The van der Waals surface area contributed by atoms with Crippen molar-refractivity contribution in [3.05, 3.63) is 28.8 Å². The van der Waals surface area contributed by atoms with E-state index in [4.69, 9.17) is 9.47 Å². The first-order chi connectivity index (χ1) is 6.60. The second-order valence-corrected chi connectivity index (χ2v) is 3.60. The van der Waals surface area contributed by atoms with Crippen molar-refractivity contribution < 1.29 is 9.47 Å². The van der Waals surface area contributed by atoms with Crippen molar-refractivity contribution in [2.24, 2.45) is 0 Å². The Hall–Kier alpha value is -0.795. The second-order valence-electron chi connectivity index (χ2n) is 3.60. The molecule has 0 atom stereocenters. The monoisotopic (exact) mass is 192 g/mol. The van der Waals surface area contributed by atoms with Crippen LogP contribution >= 0.6 is 0 Å². The average Bonchev–Trinajstić information content (AvgIpc) is 2.15. The molecule has 0 fully saturated rings. The first kappa shape index (κ1) is 11.3. The van der Waals surface area contributed by atoms with Crippen LogP contribution < -0.4 is 5.46 Å². The van der Waals surface area contributed by atoms with E-state index in [1.54, 1.807) is 14.2 Å². The molecule has 76 valence electrons. The van der Waals surface area contributed by atoms with Crippen molar-refractivity contribution in [3.8, 4) is 0 Å². The average molecular weight is 192 g/mol. The van der Waals surface area contributed by atoms with Gasteiger partial charge in [-0.15, -0.1) is 0 Å². The number of aryl methyl sites for hydroxylation is 2. The normalized spacial score (nSPS) is 10.9. The van der Waals surface area contributed by atoms with Gasteiger partial charge in [-0.1, -0.05) is 28.7 Å². The SMILES string of the molecule is Bc1c(C)cc(C)cc1C(OC)OC. The van der Waals surface area contributed by atoms with E-state index >= 15 is 0 Å². The van der Waals surface area contributed by atoms with E-state index in [0.29, 0.717) is 0 Å². The Kier molecular flexibility index (Phi) is 3.73. The van der Waals surface area contributed by atoms with E-state index in [1.165, 1.54) is 16.6 Å². The van der Waals surface area contributed by atoms with E-state index in [0.717, 1.165) is 5.56 Å². The molecule has 1 rings (SSSR count). The molecule has 0 heterocycles. The van der Waals surface area contributed by atoms with E-state index in [-0.39, 0.29) is 6.29 Å². The summed E-state index contributed by atoms with van der Waals surface area (Å²) in [6.07, 6.45) is -0.256. The maximum absolute atomic E-state index is 5.25. The van der Waals surface area contributed by atoms with Gasteiger partial charge in [-0.2, -0.15) is 0 Å². The Morgan fingerprint density at radius 1 is 1.14 bits per heavy atom. The Bertz CT molecular complexity index is 319. The lowest BCUT2D eigenvalue weighted by Crippen LogP contribution is -2.20. The number of benzene rings is 1. The second kappa shape index (κ2) is 4.62. The van der Waals surface area contributed by atoms with Crippen LogP contribution in [0.4, 0.5) is 0 Å². The number of hydrogen-bond donors (Lipinski definition) is 0. The van der Waals surface area contributed by atoms with Gasteiger partial charge in [0, 0.05) is 19.8 Å². The standard InChI is InChI=1S/C11H17BO2/c1-7-5-8(2)10(12)9(6-7)11(13-3)14-4/h5-6,11H,12H2,1-4H3. The van der Waals surface area contributed by atoms with Gasteiger partial charge in [0.05, 0.1) is 0 Å². The lowest BCUT2D eigenvalue weighted by molar-refractivity contribution is -0.105. The zero-order valence-electron chi connectivity index (χ0n) is 9.55. The molecular formula is C11H17BO2. The molecule has 14 heavy (non-hydrogen) atoms. The summed E-state index contributed by atoms with van der Waals surface area (Å²) in [5.74, 6) is 0. The molecule has 0 bridgehead atoms. The fourth-order valence-electron chi connectivity index (χ4n) is 1.67. The lowest BCUT2D eigenvalue weighted by atomic mass is 9.85. The van der Waals surface area contributed by atoms with Gasteiger partial charge in [-0.25, -0.2) is 0 Å². The number of rotatable bonds is 3. The highest BCUT2D eigenvalue weighted by atomic mass is 16.7. The number of ether oxygens (including phenoxy) is 2. The predicted molar refractivity (Wildman–Crippen MR) is 60.9 cm³/mol. The summed E-state index contributed by atoms with van der Waals surface area (Å²) in [7, 11) is 5.41. The first-order valence-corrected chi connectivity index (χ1v) is 4.73. The molecule has 0 amide bonds.